The predicted molar refractivity (Wildman–Crippen MR) is 184 cm³/mol. The predicted octanol–water partition coefficient (Wildman–Crippen LogP) is 3.43. The zero-order valence-corrected chi connectivity index (χ0v) is 29.3. The van der Waals surface area contributed by atoms with E-state index >= 15 is 0 Å². The van der Waals surface area contributed by atoms with Gasteiger partial charge in [-0.2, -0.15) is 10.5 Å². The molecule has 0 aromatic heterocycles. The van der Waals surface area contributed by atoms with Gasteiger partial charge in [-0.15, -0.1) is 0 Å². The lowest BCUT2D eigenvalue weighted by Gasteiger charge is -2.15. The lowest BCUT2D eigenvalue weighted by Crippen LogP contribution is -2.15. The van der Waals surface area contributed by atoms with E-state index in [4.69, 9.17) is 42.6 Å². The third kappa shape index (κ3) is 16.3. The summed E-state index contributed by atoms with van der Waals surface area (Å²) in [5, 5.41) is 19.2. The molecule has 0 heterocycles. The smallest absolute Gasteiger partial charge is 0.163 e. The zero-order valence-electron chi connectivity index (χ0n) is 29.3. The van der Waals surface area contributed by atoms with Crippen LogP contribution in [0.2, 0.25) is 0 Å². The standard InChI is InChI=1S/C34H48N6O9/c1-39(2)25-37-29-21-33(47-16-8-42-6)32(20-28(29)24-36)48-17-13-44-11-9-43-10-12-45-14-18-49-34-22-30(38-26-40(3)4)27(23-35)19-31(34)46-15-7-41-5/h19-22,25-26H,7-18H2,1-6H3. The normalized spacial score (nSPS) is 11.0. The molecule has 15 nitrogen and oxygen atoms in total. The van der Waals surface area contributed by atoms with Crippen molar-refractivity contribution in [2.75, 3.05) is 122 Å². The Morgan fingerprint density at radius 1 is 0.510 bits per heavy atom. The lowest BCUT2D eigenvalue weighted by molar-refractivity contribution is 0.00469. The van der Waals surface area contributed by atoms with Crippen LogP contribution in [0.3, 0.4) is 0 Å². The Labute approximate surface area is 289 Å². The number of ether oxygens (including phenoxy) is 9. The molecule has 268 valence electrons. The van der Waals surface area contributed by atoms with E-state index in [0.29, 0.717) is 112 Å². The molecule has 0 aliphatic rings. The van der Waals surface area contributed by atoms with Crippen LogP contribution in [0.4, 0.5) is 11.4 Å². The average Bonchev–Trinajstić information content (AvgIpc) is 3.09. The van der Waals surface area contributed by atoms with Crippen LogP contribution in [-0.4, -0.2) is 144 Å². The van der Waals surface area contributed by atoms with E-state index < -0.39 is 0 Å². The largest absolute Gasteiger partial charge is 0.487 e. The minimum Gasteiger partial charge on any atom is -0.487 e. The van der Waals surface area contributed by atoms with Gasteiger partial charge in [0.25, 0.3) is 0 Å². The minimum atomic E-state index is 0.247. The van der Waals surface area contributed by atoms with Gasteiger partial charge in [0.1, 0.15) is 38.6 Å². The van der Waals surface area contributed by atoms with Crippen molar-refractivity contribution in [3.63, 3.8) is 0 Å². The van der Waals surface area contributed by atoms with Crippen molar-refractivity contribution >= 4 is 24.1 Å². The molecule has 0 aliphatic heterocycles. The summed E-state index contributed by atoms with van der Waals surface area (Å²) >= 11 is 0. The van der Waals surface area contributed by atoms with Gasteiger partial charge in [0.2, 0.25) is 0 Å². The number of rotatable bonds is 26. The Morgan fingerprint density at radius 3 is 1.12 bits per heavy atom. The van der Waals surface area contributed by atoms with Gasteiger partial charge >= 0.3 is 0 Å². The molecule has 0 spiro atoms. The fraction of sp³-hybridized carbons (Fsp3) is 0.529. The number of nitrogens with zero attached hydrogens (tertiary/aromatic N) is 6. The summed E-state index contributed by atoms with van der Waals surface area (Å²) in [5.74, 6) is 1.76. The second-order valence-corrected chi connectivity index (χ2v) is 10.5. The Balaban J connectivity index is 1.71. The molecule has 0 saturated carbocycles. The Bertz CT molecular complexity index is 1390. The van der Waals surface area contributed by atoms with E-state index in [0.717, 1.165) is 0 Å². The number of hydrogen-bond acceptors (Lipinski definition) is 13. The van der Waals surface area contributed by atoms with Gasteiger partial charge in [-0.1, -0.05) is 0 Å². The van der Waals surface area contributed by atoms with Crippen molar-refractivity contribution in [2.24, 2.45) is 9.98 Å². The molecule has 2 aromatic carbocycles. The first kappa shape index (κ1) is 40.5. The van der Waals surface area contributed by atoms with Crippen LogP contribution in [-0.2, 0) is 23.7 Å². The highest BCUT2D eigenvalue weighted by Crippen LogP contribution is 2.36. The van der Waals surface area contributed by atoms with Crippen LogP contribution in [0.5, 0.6) is 23.0 Å². The van der Waals surface area contributed by atoms with E-state index in [1.54, 1.807) is 61.0 Å². The van der Waals surface area contributed by atoms with Crippen LogP contribution < -0.4 is 18.9 Å². The number of aliphatic imine (C=N–C) groups is 2. The molecule has 0 atom stereocenters. The second kappa shape index (κ2) is 24.5. The van der Waals surface area contributed by atoms with Gasteiger partial charge in [-0.3, -0.25) is 0 Å². The van der Waals surface area contributed by atoms with Gasteiger partial charge in [-0.05, 0) is 0 Å². The van der Waals surface area contributed by atoms with E-state index in [9.17, 15) is 10.5 Å². The molecule has 15 heteroatoms. The SMILES string of the molecule is COCCOc1cc(N=CN(C)C)c(C#N)cc1OCCOCCOCCOCCOc1cc(N=CN(C)C)c(C#N)cc1OCCOC. The molecule has 0 N–H and O–H groups in total. The molecule has 0 bridgehead atoms. The first-order valence-corrected chi connectivity index (χ1v) is 15.6. The summed E-state index contributed by atoms with van der Waals surface area (Å²) < 4.78 is 50.3. The number of benzene rings is 2. The van der Waals surface area contributed by atoms with Gasteiger partial charge in [0.15, 0.2) is 23.0 Å². The van der Waals surface area contributed by atoms with E-state index in [1.165, 1.54) is 0 Å². The highest BCUT2D eigenvalue weighted by atomic mass is 16.6. The summed E-state index contributed by atoms with van der Waals surface area (Å²) in [6.07, 6.45) is 3.22. The first-order valence-electron chi connectivity index (χ1n) is 15.6. The topological polar surface area (TPSA) is 162 Å². The van der Waals surface area contributed by atoms with E-state index in [1.807, 2.05) is 28.2 Å². The van der Waals surface area contributed by atoms with E-state index in [-0.39, 0.29) is 13.2 Å². The minimum absolute atomic E-state index is 0.247. The van der Waals surface area contributed by atoms with Crippen molar-refractivity contribution in [1.29, 1.82) is 10.5 Å². The fourth-order valence-electron chi connectivity index (χ4n) is 3.73. The monoisotopic (exact) mass is 684 g/mol. The summed E-state index contributed by atoms with van der Waals surface area (Å²) in [7, 11) is 10.5. The molecule has 0 aliphatic carbocycles. The van der Waals surface area contributed by atoms with Gasteiger partial charge < -0.3 is 52.4 Å². The van der Waals surface area contributed by atoms with Gasteiger partial charge in [0.05, 0.1) is 88.0 Å². The molecule has 0 fully saturated rings. The maximum Gasteiger partial charge on any atom is 0.163 e. The molecule has 49 heavy (non-hydrogen) atoms. The highest BCUT2D eigenvalue weighted by Gasteiger charge is 2.14. The molecule has 0 radical (unpaired) electrons. The molecule has 0 unspecified atom stereocenters. The van der Waals surface area contributed by atoms with Crippen molar-refractivity contribution in [3.8, 4) is 35.1 Å². The lowest BCUT2D eigenvalue weighted by atomic mass is 10.1. The van der Waals surface area contributed by atoms with Crippen molar-refractivity contribution in [1.82, 2.24) is 9.80 Å². The van der Waals surface area contributed by atoms with Crippen LogP contribution in [0.1, 0.15) is 11.1 Å². The molecule has 2 aromatic rings. The van der Waals surface area contributed by atoms with Gasteiger partial charge in [0, 0.05) is 66.7 Å². The van der Waals surface area contributed by atoms with Crippen LogP contribution in [0.25, 0.3) is 0 Å². The quantitative estimate of drug-likeness (QED) is 0.0806. The Kier molecular flexibility index (Phi) is 20.3. The average molecular weight is 685 g/mol. The van der Waals surface area contributed by atoms with Gasteiger partial charge in [-0.25, -0.2) is 9.98 Å². The van der Waals surface area contributed by atoms with Crippen LogP contribution in [0.15, 0.2) is 34.3 Å². The molecule has 0 amide bonds. The summed E-state index contributed by atoms with van der Waals surface area (Å²) in [5.41, 5.74) is 1.68. The molecule has 2 rings (SSSR count). The maximum absolute atomic E-state index is 9.60. The molecule has 0 saturated heterocycles. The number of nitriles is 2. The van der Waals surface area contributed by atoms with Crippen LogP contribution >= 0.6 is 0 Å². The third-order valence-corrected chi connectivity index (χ3v) is 6.03. The van der Waals surface area contributed by atoms with Crippen LogP contribution in [0, 0.1) is 22.7 Å². The molecular weight excluding hydrogens is 636 g/mol. The number of methoxy groups -OCH3 is 2. The first-order chi connectivity index (χ1) is 23.8. The Hall–Kier alpha value is -4.64. The van der Waals surface area contributed by atoms with Crippen molar-refractivity contribution in [3.05, 3.63) is 35.4 Å². The summed E-state index contributed by atoms with van der Waals surface area (Å²) in [6, 6.07) is 10.9. The summed E-state index contributed by atoms with van der Waals surface area (Å²) in [6.45, 7) is 4.05. The third-order valence-electron chi connectivity index (χ3n) is 6.03. The van der Waals surface area contributed by atoms with Crippen molar-refractivity contribution < 1.29 is 42.6 Å². The maximum atomic E-state index is 9.60. The number of hydrogen-bond donors (Lipinski definition) is 0. The van der Waals surface area contributed by atoms with Crippen molar-refractivity contribution in [2.45, 2.75) is 0 Å². The zero-order chi connectivity index (χ0) is 35.7. The second-order valence-electron chi connectivity index (χ2n) is 10.5. The fourth-order valence-corrected chi connectivity index (χ4v) is 3.73. The molecular formula is C34H48N6O9. The summed E-state index contributed by atoms with van der Waals surface area (Å²) in [4.78, 5) is 12.3. The Morgan fingerprint density at radius 2 is 0.816 bits per heavy atom. The van der Waals surface area contributed by atoms with E-state index in [2.05, 4.69) is 22.1 Å². The highest BCUT2D eigenvalue weighted by molar-refractivity contribution is 5.69.